The van der Waals surface area contributed by atoms with Crippen LogP contribution in [0.4, 0.5) is 10.5 Å². The third-order valence-corrected chi connectivity index (χ3v) is 7.34. The van der Waals surface area contributed by atoms with Gasteiger partial charge in [0, 0.05) is 24.1 Å². The van der Waals surface area contributed by atoms with Crippen molar-refractivity contribution in [2.75, 3.05) is 5.32 Å². The van der Waals surface area contributed by atoms with Crippen LogP contribution in [0.5, 0.6) is 5.75 Å². The molecule has 6 nitrogen and oxygen atoms in total. The van der Waals surface area contributed by atoms with E-state index in [2.05, 4.69) is 24.4 Å². The largest absolute Gasteiger partial charge is 0.507 e. The van der Waals surface area contributed by atoms with Crippen LogP contribution in [-0.4, -0.2) is 11.2 Å². The average Bonchev–Trinajstić information content (AvgIpc) is 3.79. The van der Waals surface area contributed by atoms with E-state index >= 15 is 0 Å². The summed E-state index contributed by atoms with van der Waals surface area (Å²) < 4.78 is 11.1. The lowest BCUT2D eigenvalue weighted by atomic mass is 9.86. The van der Waals surface area contributed by atoms with Gasteiger partial charge in [-0.1, -0.05) is 79.7 Å². The fraction of sp³-hybridized carbons (Fsp3) is 0.273. The van der Waals surface area contributed by atoms with Gasteiger partial charge in [0.25, 0.3) is 0 Å². The van der Waals surface area contributed by atoms with Crippen LogP contribution in [-0.2, 0) is 17.8 Å². The zero-order chi connectivity index (χ0) is 27.2. The van der Waals surface area contributed by atoms with Crippen molar-refractivity contribution in [2.24, 2.45) is 5.92 Å². The molecule has 6 heteroatoms. The van der Waals surface area contributed by atoms with Gasteiger partial charge in [-0.05, 0) is 59.9 Å². The van der Waals surface area contributed by atoms with Gasteiger partial charge in [-0.25, -0.2) is 9.59 Å². The van der Waals surface area contributed by atoms with E-state index in [0.717, 1.165) is 30.4 Å². The number of carbonyl (C=O) groups is 1. The minimum absolute atomic E-state index is 0.0401. The van der Waals surface area contributed by atoms with E-state index in [-0.39, 0.29) is 35.7 Å². The van der Waals surface area contributed by atoms with Crippen LogP contribution >= 0.6 is 0 Å². The number of rotatable bonds is 10. The molecule has 2 atom stereocenters. The number of amides is 1. The standard InChI is InChI=1S/C33H33NO5/c1-2-23(24-12-7-4-8-13-24)19-28-20-29(35)31(32(36)39-28)30(25-16-17-25)26-14-9-15-27(18-26)34-33(37)38-21-22-10-5-3-6-11-22/h3-15,18,20,23,25,30,35H,2,16-17,19,21H2,1H3,(H,34,37). The number of anilines is 1. The highest BCUT2D eigenvalue weighted by Crippen LogP contribution is 2.48. The summed E-state index contributed by atoms with van der Waals surface area (Å²) >= 11 is 0. The summed E-state index contributed by atoms with van der Waals surface area (Å²) in [5.41, 5.74) is 3.24. The summed E-state index contributed by atoms with van der Waals surface area (Å²) in [6, 6.07) is 28.5. The first-order valence-corrected chi connectivity index (χ1v) is 13.5. The smallest absolute Gasteiger partial charge is 0.411 e. The Balaban J connectivity index is 1.34. The van der Waals surface area contributed by atoms with Crippen molar-refractivity contribution in [3.63, 3.8) is 0 Å². The molecule has 2 N–H and O–H groups in total. The zero-order valence-corrected chi connectivity index (χ0v) is 22.0. The fourth-order valence-corrected chi connectivity index (χ4v) is 5.18. The monoisotopic (exact) mass is 523 g/mol. The molecular weight excluding hydrogens is 490 g/mol. The molecule has 5 rings (SSSR count). The number of nitrogens with one attached hydrogen (secondary N) is 1. The number of carbonyl (C=O) groups excluding carboxylic acids is 1. The summed E-state index contributed by atoms with van der Waals surface area (Å²) in [6.45, 7) is 2.27. The maximum absolute atomic E-state index is 13.3. The molecule has 1 aliphatic carbocycles. The molecule has 3 aromatic carbocycles. The highest BCUT2D eigenvalue weighted by molar-refractivity contribution is 5.84. The minimum atomic E-state index is -0.561. The number of hydrogen-bond acceptors (Lipinski definition) is 5. The third kappa shape index (κ3) is 6.58. The normalized spacial score (nSPS) is 14.4. The quantitative estimate of drug-likeness (QED) is 0.226. The second-order valence-corrected chi connectivity index (χ2v) is 10.1. The second kappa shape index (κ2) is 12.0. The highest BCUT2D eigenvalue weighted by Gasteiger charge is 2.37. The van der Waals surface area contributed by atoms with Gasteiger partial charge in [-0.15, -0.1) is 0 Å². The van der Waals surface area contributed by atoms with E-state index in [4.69, 9.17) is 9.15 Å². The van der Waals surface area contributed by atoms with Gasteiger partial charge in [0.05, 0.1) is 5.56 Å². The molecule has 1 amide bonds. The van der Waals surface area contributed by atoms with Gasteiger partial charge in [0.1, 0.15) is 18.1 Å². The van der Waals surface area contributed by atoms with E-state index in [1.54, 1.807) is 12.1 Å². The van der Waals surface area contributed by atoms with Crippen molar-refractivity contribution in [3.05, 3.63) is 129 Å². The summed E-state index contributed by atoms with van der Waals surface area (Å²) in [7, 11) is 0. The SMILES string of the molecule is CCC(Cc1cc(O)c(C(c2cccc(NC(=O)OCc3ccccc3)c2)C2CC2)c(=O)o1)c1ccccc1. The molecule has 0 spiro atoms. The van der Waals surface area contributed by atoms with Crippen LogP contribution < -0.4 is 10.9 Å². The van der Waals surface area contributed by atoms with E-state index in [0.29, 0.717) is 17.9 Å². The topological polar surface area (TPSA) is 88.8 Å². The van der Waals surface area contributed by atoms with Crippen LogP contribution in [0.25, 0.3) is 0 Å². The van der Waals surface area contributed by atoms with E-state index in [1.807, 2.05) is 66.7 Å². The molecule has 2 unspecified atom stereocenters. The summed E-state index contributed by atoms with van der Waals surface area (Å²) in [6.07, 6.45) is 2.76. The molecule has 1 aromatic heterocycles. The maximum atomic E-state index is 13.3. The van der Waals surface area contributed by atoms with E-state index in [1.165, 1.54) is 5.56 Å². The van der Waals surface area contributed by atoms with Crippen LogP contribution in [0.3, 0.4) is 0 Å². The number of ether oxygens (including phenoxy) is 1. The molecule has 0 radical (unpaired) electrons. The third-order valence-electron chi connectivity index (χ3n) is 7.34. The Kier molecular flexibility index (Phi) is 8.11. The van der Waals surface area contributed by atoms with Crippen molar-refractivity contribution in [1.29, 1.82) is 0 Å². The van der Waals surface area contributed by atoms with Gasteiger partial charge in [0.15, 0.2) is 0 Å². The first-order valence-electron chi connectivity index (χ1n) is 13.5. The Morgan fingerprint density at radius 3 is 2.33 bits per heavy atom. The summed E-state index contributed by atoms with van der Waals surface area (Å²) in [4.78, 5) is 25.7. The summed E-state index contributed by atoms with van der Waals surface area (Å²) in [5.74, 6) is 0.513. The Bertz CT molecular complexity index is 1460. The Morgan fingerprint density at radius 1 is 0.974 bits per heavy atom. The summed E-state index contributed by atoms with van der Waals surface area (Å²) in [5, 5.41) is 13.9. The minimum Gasteiger partial charge on any atom is -0.507 e. The molecule has 0 bridgehead atoms. The molecule has 1 aliphatic rings. The fourth-order valence-electron chi connectivity index (χ4n) is 5.18. The van der Waals surface area contributed by atoms with Crippen molar-refractivity contribution < 1.29 is 19.1 Å². The van der Waals surface area contributed by atoms with E-state index < -0.39 is 11.7 Å². The van der Waals surface area contributed by atoms with Crippen LogP contribution in [0.15, 0.2) is 100 Å². The van der Waals surface area contributed by atoms with Crippen LogP contribution in [0.1, 0.15) is 66.0 Å². The van der Waals surface area contributed by atoms with Crippen LogP contribution in [0.2, 0.25) is 0 Å². The number of hydrogen-bond donors (Lipinski definition) is 2. The molecule has 0 aliphatic heterocycles. The van der Waals surface area contributed by atoms with Crippen molar-refractivity contribution in [3.8, 4) is 5.75 Å². The van der Waals surface area contributed by atoms with Crippen molar-refractivity contribution >= 4 is 11.8 Å². The molecule has 1 saturated carbocycles. The first-order chi connectivity index (χ1) is 19.0. The van der Waals surface area contributed by atoms with Gasteiger partial charge in [0.2, 0.25) is 0 Å². The molecule has 39 heavy (non-hydrogen) atoms. The highest BCUT2D eigenvalue weighted by atomic mass is 16.5. The van der Waals surface area contributed by atoms with Gasteiger partial charge in [-0.2, -0.15) is 0 Å². The van der Waals surface area contributed by atoms with Crippen molar-refractivity contribution in [2.45, 2.75) is 51.0 Å². The maximum Gasteiger partial charge on any atom is 0.411 e. The van der Waals surface area contributed by atoms with Crippen LogP contribution in [0, 0.1) is 5.92 Å². The Labute approximate surface area is 228 Å². The lowest BCUT2D eigenvalue weighted by Crippen LogP contribution is -2.18. The Hall–Kier alpha value is -4.32. The van der Waals surface area contributed by atoms with Crippen molar-refractivity contribution in [1.82, 2.24) is 0 Å². The number of aromatic hydroxyl groups is 1. The zero-order valence-electron chi connectivity index (χ0n) is 22.0. The molecule has 0 saturated heterocycles. The van der Waals surface area contributed by atoms with Gasteiger partial charge >= 0.3 is 11.7 Å². The lowest BCUT2D eigenvalue weighted by Gasteiger charge is -2.20. The Morgan fingerprint density at radius 2 is 1.67 bits per heavy atom. The van der Waals surface area contributed by atoms with E-state index in [9.17, 15) is 14.7 Å². The first kappa shape index (κ1) is 26.3. The second-order valence-electron chi connectivity index (χ2n) is 10.1. The van der Waals surface area contributed by atoms with Gasteiger partial charge in [-0.3, -0.25) is 5.32 Å². The van der Waals surface area contributed by atoms with Gasteiger partial charge < -0.3 is 14.3 Å². The molecular formula is C33H33NO5. The molecule has 1 fully saturated rings. The number of benzene rings is 3. The predicted octanol–water partition coefficient (Wildman–Crippen LogP) is 7.37. The molecule has 4 aromatic rings. The predicted molar refractivity (Wildman–Crippen MR) is 151 cm³/mol. The molecule has 1 heterocycles. The average molecular weight is 524 g/mol. The lowest BCUT2D eigenvalue weighted by molar-refractivity contribution is 0.155. The molecule has 200 valence electrons.